The van der Waals surface area contributed by atoms with E-state index in [1.165, 1.54) is 4.90 Å². The van der Waals surface area contributed by atoms with Gasteiger partial charge in [0.05, 0.1) is 0 Å². The highest BCUT2D eigenvalue weighted by molar-refractivity contribution is 5.95. The summed E-state index contributed by atoms with van der Waals surface area (Å²) >= 11 is 0. The minimum atomic E-state index is -0.634. The first-order valence-electron chi connectivity index (χ1n) is 3.33. The Bertz CT molecular complexity index is 176. The van der Waals surface area contributed by atoms with Crippen molar-refractivity contribution < 1.29 is 9.90 Å². The van der Waals surface area contributed by atoms with E-state index in [1.54, 1.807) is 0 Å². The third-order valence-electron chi connectivity index (χ3n) is 1.69. The van der Waals surface area contributed by atoms with Crippen LogP contribution in [0.1, 0.15) is 13.3 Å². The Morgan fingerprint density at radius 3 is 2.70 bits per heavy atom. The molecule has 3 nitrogen and oxygen atoms in total. The van der Waals surface area contributed by atoms with E-state index in [-0.39, 0.29) is 5.91 Å². The van der Waals surface area contributed by atoms with Crippen molar-refractivity contribution in [2.75, 3.05) is 6.54 Å². The predicted molar refractivity (Wildman–Crippen MR) is 37.2 cm³/mol. The molecule has 3 heteroatoms. The van der Waals surface area contributed by atoms with Crippen LogP contribution in [0, 0.1) is 0 Å². The van der Waals surface area contributed by atoms with Crippen LogP contribution in [0.15, 0.2) is 12.2 Å². The van der Waals surface area contributed by atoms with Crippen molar-refractivity contribution in [2.45, 2.75) is 19.6 Å². The maximum atomic E-state index is 11.0. The third-order valence-corrected chi connectivity index (χ3v) is 1.69. The quantitative estimate of drug-likeness (QED) is 0.527. The summed E-state index contributed by atoms with van der Waals surface area (Å²) in [6, 6.07) is 0. The average Bonchev–Trinajstić information content (AvgIpc) is 2.09. The van der Waals surface area contributed by atoms with Crippen molar-refractivity contribution in [3.8, 4) is 0 Å². The molecule has 1 unspecified atom stereocenters. The van der Waals surface area contributed by atoms with Gasteiger partial charge in [-0.1, -0.05) is 6.58 Å². The largest absolute Gasteiger partial charge is 0.373 e. The van der Waals surface area contributed by atoms with Crippen molar-refractivity contribution in [1.82, 2.24) is 4.90 Å². The fourth-order valence-electron chi connectivity index (χ4n) is 1.11. The SMILES string of the molecule is C=C1CC(O)N(CC)C1=O. The molecule has 1 rings (SSSR count). The topological polar surface area (TPSA) is 40.5 Å². The number of likely N-dealkylation sites (N-methyl/N-ethyl adjacent to an activating group) is 1. The molecule has 1 heterocycles. The number of aliphatic hydroxyl groups is 1. The highest BCUT2D eigenvalue weighted by Crippen LogP contribution is 2.19. The fraction of sp³-hybridized carbons (Fsp3) is 0.571. The summed E-state index contributed by atoms with van der Waals surface area (Å²) in [6.07, 6.45) is -0.239. The summed E-state index contributed by atoms with van der Waals surface area (Å²) in [4.78, 5) is 12.4. The first kappa shape index (κ1) is 7.28. The molecular formula is C7H11NO2. The molecule has 1 amide bonds. The second kappa shape index (κ2) is 2.42. The lowest BCUT2D eigenvalue weighted by Crippen LogP contribution is -2.32. The maximum absolute atomic E-state index is 11.0. The molecule has 1 saturated heterocycles. The lowest BCUT2D eigenvalue weighted by Gasteiger charge is -2.16. The molecule has 1 aliphatic rings. The molecule has 0 bridgehead atoms. The van der Waals surface area contributed by atoms with E-state index >= 15 is 0 Å². The molecule has 0 spiro atoms. The van der Waals surface area contributed by atoms with Crippen LogP contribution in [0.25, 0.3) is 0 Å². The lowest BCUT2D eigenvalue weighted by molar-refractivity contribution is -0.130. The van der Waals surface area contributed by atoms with Crippen LogP contribution in [0.4, 0.5) is 0 Å². The first-order valence-corrected chi connectivity index (χ1v) is 3.33. The Hall–Kier alpha value is -0.830. The summed E-state index contributed by atoms with van der Waals surface area (Å²) in [5.41, 5.74) is 0.509. The van der Waals surface area contributed by atoms with Gasteiger partial charge in [-0.3, -0.25) is 4.79 Å². The van der Waals surface area contributed by atoms with Gasteiger partial charge in [0.15, 0.2) is 0 Å². The lowest BCUT2D eigenvalue weighted by atomic mass is 10.2. The smallest absolute Gasteiger partial charge is 0.251 e. The van der Waals surface area contributed by atoms with Gasteiger partial charge in [-0.25, -0.2) is 0 Å². The number of carbonyl (C=O) groups is 1. The number of likely N-dealkylation sites (tertiary alicyclic amines) is 1. The van der Waals surface area contributed by atoms with Gasteiger partial charge in [-0.05, 0) is 6.92 Å². The molecule has 0 aliphatic carbocycles. The van der Waals surface area contributed by atoms with Gasteiger partial charge in [0.25, 0.3) is 5.91 Å². The molecule has 1 atom stereocenters. The fourth-order valence-corrected chi connectivity index (χ4v) is 1.11. The number of aliphatic hydroxyl groups excluding tert-OH is 1. The molecule has 0 radical (unpaired) electrons. The minimum absolute atomic E-state index is 0.116. The van der Waals surface area contributed by atoms with E-state index < -0.39 is 6.23 Å². The Labute approximate surface area is 59.9 Å². The van der Waals surface area contributed by atoms with Gasteiger partial charge in [0.2, 0.25) is 0 Å². The van der Waals surface area contributed by atoms with E-state index in [4.69, 9.17) is 0 Å². The Morgan fingerprint density at radius 2 is 2.50 bits per heavy atom. The van der Waals surface area contributed by atoms with Crippen LogP contribution in [0.3, 0.4) is 0 Å². The zero-order valence-corrected chi connectivity index (χ0v) is 6.00. The number of rotatable bonds is 1. The summed E-state index contributed by atoms with van der Waals surface area (Å²) in [5, 5.41) is 9.17. The van der Waals surface area contributed by atoms with Gasteiger partial charge in [-0.2, -0.15) is 0 Å². The maximum Gasteiger partial charge on any atom is 0.251 e. The van der Waals surface area contributed by atoms with E-state index in [0.717, 1.165) is 0 Å². The molecule has 56 valence electrons. The monoisotopic (exact) mass is 141 g/mol. The summed E-state index contributed by atoms with van der Waals surface area (Å²) in [6.45, 7) is 5.92. The number of hydrogen-bond acceptors (Lipinski definition) is 2. The van der Waals surface area contributed by atoms with Crippen LogP contribution in [-0.2, 0) is 4.79 Å². The summed E-state index contributed by atoms with van der Waals surface area (Å²) in [5.74, 6) is -0.116. The zero-order chi connectivity index (χ0) is 7.72. The van der Waals surface area contributed by atoms with Crippen LogP contribution in [0.2, 0.25) is 0 Å². The number of hydrogen-bond donors (Lipinski definition) is 1. The van der Waals surface area contributed by atoms with E-state index in [1.807, 2.05) is 6.92 Å². The molecule has 0 aromatic carbocycles. The Morgan fingerprint density at radius 1 is 1.90 bits per heavy atom. The summed E-state index contributed by atoms with van der Waals surface area (Å²) in [7, 11) is 0. The van der Waals surface area contributed by atoms with Crippen molar-refractivity contribution in [1.29, 1.82) is 0 Å². The normalized spacial score (nSPS) is 26.2. The second-order valence-electron chi connectivity index (χ2n) is 2.38. The number of amides is 1. The number of nitrogens with zero attached hydrogens (tertiary/aromatic N) is 1. The van der Waals surface area contributed by atoms with E-state index in [9.17, 15) is 9.90 Å². The molecule has 1 aliphatic heterocycles. The highest BCUT2D eigenvalue weighted by Gasteiger charge is 2.30. The molecule has 0 saturated carbocycles. The highest BCUT2D eigenvalue weighted by atomic mass is 16.3. The standard InChI is InChI=1S/C7H11NO2/c1-3-8-6(9)4-5(2)7(8)10/h6,9H,2-4H2,1H3. The van der Waals surface area contributed by atoms with Crippen LogP contribution in [0.5, 0.6) is 0 Å². The van der Waals surface area contributed by atoms with E-state index in [2.05, 4.69) is 6.58 Å². The average molecular weight is 141 g/mol. The predicted octanol–water partition coefficient (Wildman–Crippen LogP) is 0.113. The van der Waals surface area contributed by atoms with Crippen molar-refractivity contribution >= 4 is 5.91 Å². The van der Waals surface area contributed by atoms with Gasteiger partial charge < -0.3 is 10.0 Å². The molecule has 1 fully saturated rings. The van der Waals surface area contributed by atoms with Gasteiger partial charge in [0, 0.05) is 18.5 Å². The van der Waals surface area contributed by atoms with Gasteiger partial charge in [-0.15, -0.1) is 0 Å². The van der Waals surface area contributed by atoms with Crippen LogP contribution < -0.4 is 0 Å². The molecule has 10 heavy (non-hydrogen) atoms. The Kier molecular flexibility index (Phi) is 1.76. The molecule has 0 aromatic rings. The van der Waals surface area contributed by atoms with Crippen molar-refractivity contribution in [3.05, 3.63) is 12.2 Å². The Balaban J connectivity index is 2.74. The molecule has 1 N–H and O–H groups in total. The van der Waals surface area contributed by atoms with E-state index in [0.29, 0.717) is 18.5 Å². The third kappa shape index (κ3) is 0.926. The van der Waals surface area contributed by atoms with Gasteiger partial charge >= 0.3 is 0 Å². The van der Waals surface area contributed by atoms with Crippen LogP contribution in [-0.4, -0.2) is 28.7 Å². The summed E-state index contributed by atoms with van der Waals surface area (Å²) < 4.78 is 0. The van der Waals surface area contributed by atoms with Crippen molar-refractivity contribution in [2.24, 2.45) is 0 Å². The minimum Gasteiger partial charge on any atom is -0.373 e. The van der Waals surface area contributed by atoms with Crippen molar-refractivity contribution in [3.63, 3.8) is 0 Å². The van der Waals surface area contributed by atoms with Crippen LogP contribution >= 0.6 is 0 Å². The number of carbonyl (C=O) groups excluding carboxylic acids is 1. The second-order valence-corrected chi connectivity index (χ2v) is 2.38. The zero-order valence-electron chi connectivity index (χ0n) is 6.00. The molecular weight excluding hydrogens is 130 g/mol. The first-order chi connectivity index (χ1) is 4.66. The molecule has 0 aromatic heterocycles. The van der Waals surface area contributed by atoms with Gasteiger partial charge in [0.1, 0.15) is 6.23 Å².